The minimum absolute atomic E-state index is 0.0209. The first-order valence-electron chi connectivity index (χ1n) is 12.1. The van der Waals surface area contributed by atoms with E-state index in [1.165, 1.54) is 52.3 Å². The molecule has 1 N–H and O–H groups in total. The van der Waals surface area contributed by atoms with E-state index >= 15 is 4.39 Å². The van der Waals surface area contributed by atoms with Gasteiger partial charge < -0.3 is 29.0 Å². The number of carbonyl (C=O) groups is 1. The van der Waals surface area contributed by atoms with Crippen molar-refractivity contribution in [3.05, 3.63) is 71.3 Å². The second-order valence-corrected chi connectivity index (χ2v) is 10.1. The number of fused-ring (bicyclic) bond motifs is 1. The molecule has 0 bridgehead atoms. The highest BCUT2D eigenvalue weighted by Gasteiger charge is 2.53. The number of ether oxygens (including phenoxy) is 5. The van der Waals surface area contributed by atoms with Crippen molar-refractivity contribution in [2.45, 2.75) is 30.6 Å². The Morgan fingerprint density at radius 1 is 1.05 bits per heavy atom. The summed E-state index contributed by atoms with van der Waals surface area (Å²) in [6, 6.07) is 12.2. The van der Waals surface area contributed by atoms with E-state index in [1.54, 1.807) is 24.3 Å². The Morgan fingerprint density at radius 2 is 1.71 bits per heavy atom. The smallest absolute Gasteiger partial charge is 0.257 e. The van der Waals surface area contributed by atoms with Crippen molar-refractivity contribution in [2.75, 3.05) is 40.8 Å². The van der Waals surface area contributed by atoms with Crippen LogP contribution in [0.3, 0.4) is 0 Å². The largest absolute Gasteiger partial charge is 0.375 e. The number of nitrogens with zero attached hydrogens (tertiary/aromatic N) is 1. The Labute approximate surface area is 225 Å². The van der Waals surface area contributed by atoms with Crippen LogP contribution in [0.15, 0.2) is 53.5 Å². The van der Waals surface area contributed by atoms with Gasteiger partial charge in [-0.2, -0.15) is 0 Å². The Balaban J connectivity index is 1.70. The molecule has 2 heterocycles. The summed E-state index contributed by atoms with van der Waals surface area (Å²) in [5.41, 5.74) is -0.511. The van der Waals surface area contributed by atoms with Crippen LogP contribution in [-0.4, -0.2) is 70.6 Å². The maximum atomic E-state index is 15.2. The van der Waals surface area contributed by atoms with E-state index in [9.17, 15) is 9.18 Å². The van der Waals surface area contributed by atoms with Crippen LogP contribution in [0, 0.1) is 23.5 Å². The highest BCUT2D eigenvalue weighted by molar-refractivity contribution is 8.13. The third-order valence-corrected chi connectivity index (χ3v) is 8.11. The topological polar surface area (TPSA) is 87.6 Å². The monoisotopic (exact) mass is 550 g/mol. The Bertz CT molecular complexity index is 1120. The lowest BCUT2D eigenvalue weighted by Crippen LogP contribution is -2.55. The number of hydrogen-bond acceptors (Lipinski definition) is 8. The molecule has 3 unspecified atom stereocenters. The molecule has 2 aromatic carbocycles. The maximum absolute atomic E-state index is 15.2. The zero-order chi connectivity index (χ0) is 27.3. The minimum atomic E-state index is -1.19. The van der Waals surface area contributed by atoms with Gasteiger partial charge in [-0.15, -0.1) is 0 Å². The average Bonchev–Trinajstić information content (AvgIpc) is 2.93. The van der Waals surface area contributed by atoms with Crippen LogP contribution in [0.1, 0.15) is 22.3 Å². The van der Waals surface area contributed by atoms with Crippen LogP contribution in [0.4, 0.5) is 8.78 Å². The van der Waals surface area contributed by atoms with Crippen molar-refractivity contribution < 1.29 is 37.3 Å². The summed E-state index contributed by atoms with van der Waals surface area (Å²) in [4.78, 5) is 17.7. The molecule has 0 aromatic heterocycles. The van der Waals surface area contributed by atoms with Gasteiger partial charge >= 0.3 is 0 Å². The molecule has 3 atom stereocenters. The average molecular weight is 551 g/mol. The van der Waals surface area contributed by atoms with Gasteiger partial charge in [0, 0.05) is 57.3 Å². The quantitative estimate of drug-likeness (QED) is 0.473. The van der Waals surface area contributed by atoms with E-state index in [-0.39, 0.29) is 24.0 Å². The van der Waals surface area contributed by atoms with Crippen LogP contribution in [0.2, 0.25) is 0 Å². The van der Waals surface area contributed by atoms with E-state index in [4.69, 9.17) is 28.7 Å². The predicted molar refractivity (Wildman–Crippen MR) is 139 cm³/mol. The lowest BCUT2D eigenvalue weighted by molar-refractivity contribution is -0.260. The SMILES string of the molecule is COC(OC)C(C1CC2CSC(NC(=O)c3ccccc3)=NC2(c2ccc(F)cc2F)CO1)C(OC)OC. The van der Waals surface area contributed by atoms with Gasteiger partial charge in [0.25, 0.3) is 5.91 Å². The first kappa shape index (κ1) is 28.6. The van der Waals surface area contributed by atoms with E-state index in [0.29, 0.717) is 22.9 Å². The van der Waals surface area contributed by atoms with E-state index in [0.717, 1.165) is 6.07 Å². The predicted octanol–water partition coefficient (Wildman–Crippen LogP) is 3.95. The first-order valence-corrected chi connectivity index (χ1v) is 13.1. The van der Waals surface area contributed by atoms with Gasteiger partial charge in [-0.1, -0.05) is 36.0 Å². The number of methoxy groups -OCH3 is 4. The third kappa shape index (κ3) is 5.78. The number of hydrogen-bond donors (Lipinski definition) is 1. The van der Waals surface area contributed by atoms with Gasteiger partial charge in [-0.3, -0.25) is 4.79 Å². The fraction of sp³-hybridized carbons (Fsp3) is 0.481. The number of thioether (sulfide) groups is 1. The summed E-state index contributed by atoms with van der Waals surface area (Å²) in [5.74, 6) is -1.93. The van der Waals surface area contributed by atoms with Crippen molar-refractivity contribution >= 4 is 22.8 Å². The van der Waals surface area contributed by atoms with Crippen LogP contribution in [0.5, 0.6) is 0 Å². The summed E-state index contributed by atoms with van der Waals surface area (Å²) >= 11 is 1.37. The molecule has 1 amide bonds. The Hall–Kier alpha value is -2.41. The van der Waals surface area contributed by atoms with Gasteiger partial charge in [-0.25, -0.2) is 13.8 Å². The number of nitrogens with one attached hydrogen (secondary N) is 1. The Kier molecular flexibility index (Phi) is 9.50. The third-order valence-electron chi connectivity index (χ3n) is 7.07. The van der Waals surface area contributed by atoms with Crippen LogP contribution in [-0.2, 0) is 29.2 Å². The standard InChI is InChI=1S/C27H32F2N2O6S/c1-33-24(34-2)22(25(35-3)36-4)21-12-17-14-38-26(30-23(32)16-8-6-5-7-9-16)31-27(17,15-37-21)19-11-10-18(28)13-20(19)29/h5-11,13,17,21-22,24-25H,12,14-15H2,1-4H3,(H,30,31,32). The van der Waals surface area contributed by atoms with Crippen molar-refractivity contribution in [3.63, 3.8) is 0 Å². The zero-order valence-electron chi connectivity index (χ0n) is 21.7. The second kappa shape index (κ2) is 12.6. The van der Waals surface area contributed by atoms with E-state index in [1.807, 2.05) is 6.07 Å². The molecule has 0 aliphatic carbocycles. The summed E-state index contributed by atoms with van der Waals surface area (Å²) in [5, 5.41) is 3.19. The number of amides is 1. The fourth-order valence-corrected chi connectivity index (χ4v) is 6.37. The van der Waals surface area contributed by atoms with Crippen LogP contribution < -0.4 is 5.32 Å². The lowest BCUT2D eigenvalue weighted by atomic mass is 9.73. The molecule has 2 aliphatic rings. The normalized spacial score (nSPS) is 23.4. The molecule has 11 heteroatoms. The zero-order valence-corrected chi connectivity index (χ0v) is 22.5. The van der Waals surface area contributed by atoms with Gasteiger partial charge in [0.05, 0.1) is 18.6 Å². The molecule has 0 saturated carbocycles. The van der Waals surface area contributed by atoms with Gasteiger partial charge in [0.15, 0.2) is 17.7 Å². The number of carbonyl (C=O) groups excluding carboxylic acids is 1. The fourth-order valence-electron chi connectivity index (χ4n) is 5.21. The molecular weight excluding hydrogens is 518 g/mol. The molecule has 206 valence electrons. The molecule has 1 saturated heterocycles. The maximum Gasteiger partial charge on any atom is 0.257 e. The highest BCUT2D eigenvalue weighted by Crippen LogP contribution is 2.48. The van der Waals surface area contributed by atoms with Gasteiger partial charge in [0.2, 0.25) is 0 Å². The molecule has 0 radical (unpaired) electrons. The number of halogens is 2. The minimum Gasteiger partial charge on any atom is -0.375 e. The molecule has 0 spiro atoms. The molecule has 2 aromatic rings. The van der Waals surface area contributed by atoms with E-state index < -0.39 is 41.8 Å². The molecule has 38 heavy (non-hydrogen) atoms. The molecule has 1 fully saturated rings. The molecule has 4 rings (SSSR count). The summed E-state index contributed by atoms with van der Waals surface area (Å²) in [6.45, 7) is -0.0209. The summed E-state index contributed by atoms with van der Waals surface area (Å²) in [7, 11) is 6.08. The van der Waals surface area contributed by atoms with Gasteiger partial charge in [0.1, 0.15) is 17.2 Å². The Morgan fingerprint density at radius 3 is 2.32 bits per heavy atom. The molecule has 2 aliphatic heterocycles. The van der Waals surface area contributed by atoms with Crippen molar-refractivity contribution in [2.24, 2.45) is 16.8 Å². The van der Waals surface area contributed by atoms with E-state index in [2.05, 4.69) is 5.32 Å². The molecule has 8 nitrogen and oxygen atoms in total. The van der Waals surface area contributed by atoms with Crippen molar-refractivity contribution in [1.82, 2.24) is 5.32 Å². The van der Waals surface area contributed by atoms with Gasteiger partial charge in [-0.05, 0) is 24.6 Å². The highest BCUT2D eigenvalue weighted by atomic mass is 32.2. The second-order valence-electron chi connectivity index (χ2n) is 9.14. The lowest BCUT2D eigenvalue weighted by Gasteiger charge is -2.49. The van der Waals surface area contributed by atoms with Crippen LogP contribution >= 0.6 is 11.8 Å². The van der Waals surface area contributed by atoms with Crippen molar-refractivity contribution in [1.29, 1.82) is 0 Å². The molecular formula is C27H32F2N2O6S. The summed E-state index contributed by atoms with van der Waals surface area (Å²) in [6.07, 6.45) is -1.40. The first-order chi connectivity index (χ1) is 18.4. The number of benzene rings is 2. The van der Waals surface area contributed by atoms with Crippen LogP contribution in [0.25, 0.3) is 0 Å². The summed E-state index contributed by atoms with van der Waals surface area (Å²) < 4.78 is 57.6. The number of amidine groups is 1. The van der Waals surface area contributed by atoms with Crippen molar-refractivity contribution in [3.8, 4) is 0 Å². The number of rotatable bonds is 9. The number of aliphatic imine (C=N–C) groups is 1.